The van der Waals surface area contributed by atoms with Crippen LogP contribution in [0.25, 0.3) is 0 Å². The van der Waals surface area contributed by atoms with Gasteiger partial charge in [-0.05, 0) is 6.07 Å². The first-order chi connectivity index (χ1) is 7.64. The molecule has 9 heteroatoms. The molecule has 1 rings (SSSR count). The number of carboxylic acid groups (broad SMARTS) is 1. The Kier molecular flexibility index (Phi) is 3.56. The second-order valence-corrected chi connectivity index (χ2v) is 3.22. The molecule has 1 aromatic heterocycles. The zero-order valence-electron chi connectivity index (χ0n) is 7.73. The van der Waals surface area contributed by atoms with E-state index < -0.39 is 40.5 Å². The van der Waals surface area contributed by atoms with Crippen LogP contribution in [0, 0.1) is 0 Å². The van der Waals surface area contributed by atoms with Crippen LogP contribution >= 0.6 is 11.6 Å². The molecule has 1 N–H and O–H groups in total. The van der Waals surface area contributed by atoms with Crippen molar-refractivity contribution in [1.82, 2.24) is 4.98 Å². The van der Waals surface area contributed by atoms with Crippen molar-refractivity contribution in [1.29, 1.82) is 0 Å². The summed E-state index contributed by atoms with van der Waals surface area (Å²) in [5, 5.41) is 7.15. The number of alkyl halides is 5. The van der Waals surface area contributed by atoms with Gasteiger partial charge in [0.2, 0.25) is 0 Å². The Morgan fingerprint density at radius 2 is 1.94 bits per heavy atom. The molecule has 0 bridgehead atoms. The van der Waals surface area contributed by atoms with E-state index in [0.29, 0.717) is 0 Å². The van der Waals surface area contributed by atoms with Crippen molar-refractivity contribution in [2.45, 2.75) is 12.6 Å². The summed E-state index contributed by atoms with van der Waals surface area (Å²) in [7, 11) is 0. The largest absolute Gasteiger partial charge is 0.477 e. The number of carbonyl (C=O) groups is 1. The van der Waals surface area contributed by atoms with Gasteiger partial charge in [-0.2, -0.15) is 13.2 Å². The van der Waals surface area contributed by atoms with E-state index in [-0.39, 0.29) is 6.07 Å². The molecule has 0 amide bonds. The normalized spacial score (nSPS) is 11.9. The predicted molar refractivity (Wildman–Crippen MR) is 46.2 cm³/mol. The van der Waals surface area contributed by atoms with Crippen molar-refractivity contribution in [2.75, 3.05) is 0 Å². The summed E-state index contributed by atoms with van der Waals surface area (Å²) in [6, 6.07) is 0.154. The Balaban J connectivity index is 3.55. The number of pyridine rings is 1. The minimum Gasteiger partial charge on any atom is -0.477 e. The van der Waals surface area contributed by atoms with Gasteiger partial charge in [0.15, 0.2) is 0 Å². The third-order valence-electron chi connectivity index (χ3n) is 1.74. The molecular weight excluding hydrogens is 273 g/mol. The minimum atomic E-state index is -5.13. The fraction of sp³-hybridized carbons (Fsp3) is 0.250. The zero-order valence-corrected chi connectivity index (χ0v) is 8.48. The third kappa shape index (κ3) is 2.82. The van der Waals surface area contributed by atoms with Crippen molar-refractivity contribution in [3.63, 3.8) is 0 Å². The maximum atomic E-state index is 12.4. The van der Waals surface area contributed by atoms with Gasteiger partial charge in [-0.3, -0.25) is 0 Å². The van der Waals surface area contributed by atoms with Gasteiger partial charge >= 0.3 is 12.1 Å². The fourth-order valence-electron chi connectivity index (χ4n) is 1.09. The van der Waals surface area contributed by atoms with Gasteiger partial charge in [0, 0.05) is 5.56 Å². The van der Waals surface area contributed by atoms with E-state index in [1.165, 1.54) is 0 Å². The Hall–Kier alpha value is -1.44. The molecule has 0 saturated heterocycles. The highest BCUT2D eigenvalue weighted by Crippen LogP contribution is 2.40. The summed E-state index contributed by atoms with van der Waals surface area (Å²) in [6.07, 6.45) is -8.64. The summed E-state index contributed by atoms with van der Waals surface area (Å²) in [6.45, 7) is 0. The van der Waals surface area contributed by atoms with E-state index in [2.05, 4.69) is 4.98 Å². The summed E-state index contributed by atoms with van der Waals surface area (Å²) in [5.41, 5.74) is -4.30. The van der Waals surface area contributed by atoms with Crippen LogP contribution in [0.1, 0.15) is 28.0 Å². The molecular formula is C8H3ClF5NO2. The van der Waals surface area contributed by atoms with Gasteiger partial charge in [0.1, 0.15) is 16.4 Å². The minimum absolute atomic E-state index is 0.154. The summed E-state index contributed by atoms with van der Waals surface area (Å²) in [5.74, 6) is -1.75. The SMILES string of the molecule is O=C(O)c1cc(C(F)F)c(C(F)(F)F)c(Cl)n1. The molecule has 17 heavy (non-hydrogen) atoms. The number of halogens is 6. The lowest BCUT2D eigenvalue weighted by Crippen LogP contribution is -2.14. The van der Waals surface area contributed by atoms with Crippen LogP contribution < -0.4 is 0 Å². The van der Waals surface area contributed by atoms with Crippen molar-refractivity contribution < 1.29 is 31.9 Å². The van der Waals surface area contributed by atoms with Crippen LogP contribution in [0.2, 0.25) is 5.15 Å². The van der Waals surface area contributed by atoms with Crippen molar-refractivity contribution in [3.05, 3.63) is 28.0 Å². The Morgan fingerprint density at radius 1 is 1.41 bits per heavy atom. The number of hydrogen-bond acceptors (Lipinski definition) is 2. The molecule has 0 atom stereocenters. The van der Waals surface area contributed by atoms with Crippen molar-refractivity contribution >= 4 is 17.6 Å². The second kappa shape index (κ2) is 4.44. The Bertz CT molecular complexity index is 460. The van der Waals surface area contributed by atoms with Crippen LogP contribution in [-0.4, -0.2) is 16.1 Å². The third-order valence-corrected chi connectivity index (χ3v) is 2.02. The Labute approximate surface area is 95.8 Å². The van der Waals surface area contributed by atoms with Gasteiger partial charge in [-0.1, -0.05) is 11.6 Å². The zero-order chi connectivity index (χ0) is 13.4. The first-order valence-corrected chi connectivity index (χ1v) is 4.31. The monoisotopic (exact) mass is 275 g/mol. The molecule has 0 saturated carbocycles. The molecule has 1 aromatic rings. The van der Waals surface area contributed by atoms with E-state index in [4.69, 9.17) is 16.7 Å². The van der Waals surface area contributed by atoms with Gasteiger partial charge in [-0.25, -0.2) is 18.6 Å². The van der Waals surface area contributed by atoms with Crippen molar-refractivity contribution in [3.8, 4) is 0 Å². The standard InChI is InChI=1S/C8H3ClF5NO2/c9-5-4(8(12,13)14)2(6(10)11)1-3(15-5)7(16)17/h1,6H,(H,16,17). The molecule has 0 aromatic carbocycles. The highest BCUT2D eigenvalue weighted by atomic mass is 35.5. The number of aromatic nitrogens is 1. The lowest BCUT2D eigenvalue weighted by molar-refractivity contribution is -0.139. The summed E-state index contributed by atoms with van der Waals surface area (Å²) in [4.78, 5) is 13.3. The van der Waals surface area contributed by atoms with Crippen molar-refractivity contribution in [2.24, 2.45) is 0 Å². The predicted octanol–water partition coefficient (Wildman–Crippen LogP) is 3.39. The first kappa shape index (κ1) is 13.6. The number of nitrogens with zero attached hydrogens (tertiary/aromatic N) is 1. The molecule has 0 fully saturated rings. The topological polar surface area (TPSA) is 50.2 Å². The van der Waals surface area contributed by atoms with E-state index in [1.54, 1.807) is 0 Å². The summed E-state index contributed by atoms with van der Waals surface area (Å²) >= 11 is 5.08. The van der Waals surface area contributed by atoms with Crippen LogP contribution in [-0.2, 0) is 6.18 Å². The number of hydrogen-bond donors (Lipinski definition) is 1. The molecule has 0 aliphatic rings. The highest BCUT2D eigenvalue weighted by molar-refractivity contribution is 6.30. The molecule has 0 unspecified atom stereocenters. The van der Waals surface area contributed by atoms with Gasteiger partial charge in [-0.15, -0.1) is 0 Å². The quantitative estimate of drug-likeness (QED) is 0.665. The smallest absolute Gasteiger partial charge is 0.419 e. The van der Waals surface area contributed by atoms with Crippen LogP contribution in [0.3, 0.4) is 0 Å². The van der Waals surface area contributed by atoms with Gasteiger partial charge < -0.3 is 5.11 Å². The first-order valence-electron chi connectivity index (χ1n) is 3.93. The lowest BCUT2D eigenvalue weighted by atomic mass is 10.1. The number of aromatic carboxylic acids is 1. The van der Waals surface area contributed by atoms with Crippen LogP contribution in [0.5, 0.6) is 0 Å². The van der Waals surface area contributed by atoms with E-state index in [1.807, 2.05) is 0 Å². The molecule has 1 heterocycles. The Morgan fingerprint density at radius 3 is 2.29 bits per heavy atom. The molecule has 94 valence electrons. The molecule has 0 aliphatic carbocycles. The van der Waals surface area contributed by atoms with Gasteiger partial charge in [0.05, 0.1) is 0 Å². The number of carboxylic acids is 1. The van der Waals surface area contributed by atoms with Crippen LogP contribution in [0.15, 0.2) is 6.07 Å². The van der Waals surface area contributed by atoms with E-state index in [9.17, 15) is 26.7 Å². The van der Waals surface area contributed by atoms with E-state index in [0.717, 1.165) is 0 Å². The maximum Gasteiger partial charge on any atom is 0.419 e. The molecule has 0 aliphatic heterocycles. The highest BCUT2D eigenvalue weighted by Gasteiger charge is 2.39. The molecule has 3 nitrogen and oxygen atoms in total. The molecule has 0 spiro atoms. The van der Waals surface area contributed by atoms with Crippen LogP contribution in [0.4, 0.5) is 22.0 Å². The van der Waals surface area contributed by atoms with Gasteiger partial charge in [0.25, 0.3) is 6.43 Å². The molecule has 0 radical (unpaired) electrons. The average molecular weight is 276 g/mol. The maximum absolute atomic E-state index is 12.4. The van der Waals surface area contributed by atoms with E-state index >= 15 is 0 Å². The fourth-order valence-corrected chi connectivity index (χ4v) is 1.40. The second-order valence-electron chi connectivity index (χ2n) is 2.87. The average Bonchev–Trinajstić information content (AvgIpc) is 2.13. The number of rotatable bonds is 2. The summed E-state index contributed by atoms with van der Waals surface area (Å²) < 4.78 is 62.0. The lowest BCUT2D eigenvalue weighted by Gasteiger charge is -2.13.